The summed E-state index contributed by atoms with van der Waals surface area (Å²) in [6.45, 7) is 7.93. The Kier molecular flexibility index (Phi) is 20.5. The quantitative estimate of drug-likeness (QED) is 0.231. The first-order valence-electron chi connectivity index (χ1n) is 6.01. The Morgan fingerprint density at radius 2 is 1.75 bits per heavy atom. The van der Waals surface area contributed by atoms with Crippen LogP contribution in [0.2, 0.25) is 0 Å². The summed E-state index contributed by atoms with van der Waals surface area (Å²) in [6, 6.07) is 0. The van der Waals surface area contributed by atoms with Gasteiger partial charge in [-0.1, -0.05) is 38.3 Å². The van der Waals surface area contributed by atoms with E-state index >= 15 is 0 Å². The van der Waals surface area contributed by atoms with Gasteiger partial charge in [0.1, 0.15) is 6.79 Å². The minimum atomic E-state index is 0. The molecule has 0 saturated carbocycles. The van der Waals surface area contributed by atoms with Gasteiger partial charge in [-0.3, -0.25) is 0 Å². The topological polar surface area (TPSA) is 18.5 Å². The zero-order valence-corrected chi connectivity index (χ0v) is 10.0. The van der Waals surface area contributed by atoms with Crippen LogP contribution in [0.25, 0.3) is 0 Å². The number of rotatable bonds is 11. The Bertz CT molecular complexity index is 138. The molecule has 0 aliphatic rings. The minimum absolute atomic E-state index is 0. The fraction of sp³-hybridized carbons (Fsp3) is 0.769. The fourth-order valence-corrected chi connectivity index (χ4v) is 1.19. The van der Waals surface area contributed by atoms with Crippen molar-refractivity contribution in [2.75, 3.05) is 20.0 Å². The third-order valence-electron chi connectivity index (χ3n) is 2.07. The van der Waals surface area contributed by atoms with Crippen molar-refractivity contribution in [1.82, 2.24) is 0 Å². The molecule has 0 unspecified atom stereocenters. The van der Waals surface area contributed by atoms with Gasteiger partial charge in [0, 0.05) is 6.61 Å². The van der Waals surface area contributed by atoms with Gasteiger partial charge in [-0.15, -0.1) is 0 Å². The number of hydrogen-bond donors (Lipinski definition) is 0. The van der Waals surface area contributed by atoms with Crippen molar-refractivity contribution >= 4 is 18.9 Å². The molecule has 0 bridgehead atoms. The molecule has 0 aromatic rings. The summed E-state index contributed by atoms with van der Waals surface area (Å²) in [5.41, 5.74) is 0. The van der Waals surface area contributed by atoms with Crippen LogP contribution in [0, 0.1) is 6.92 Å². The maximum absolute atomic E-state index is 5.33. The van der Waals surface area contributed by atoms with Crippen molar-refractivity contribution in [2.24, 2.45) is 0 Å². The van der Waals surface area contributed by atoms with Gasteiger partial charge in [-0.2, -0.15) is 0 Å². The van der Waals surface area contributed by atoms with Crippen molar-refractivity contribution in [3.63, 3.8) is 0 Å². The molecule has 2 nitrogen and oxygen atoms in total. The Labute approximate surface area is 113 Å². The average molecular weight is 221 g/mol. The Morgan fingerprint density at radius 1 is 1.00 bits per heavy atom. The zero-order chi connectivity index (χ0) is 11.2. The molecule has 91 valence electrons. The summed E-state index contributed by atoms with van der Waals surface area (Å²) >= 11 is 0. The standard InChI is InChI=1S/C13H25O2.Li.H/c1-3-5-7-9-11-14-13-15-12-10-8-6-4-2;;/h5,7H,1,3-4,6,8-13H2,2H3;;/b7-5-;;. The first-order valence-corrected chi connectivity index (χ1v) is 6.01. The van der Waals surface area contributed by atoms with E-state index in [-0.39, 0.29) is 18.9 Å². The van der Waals surface area contributed by atoms with Gasteiger partial charge in [-0.05, 0) is 26.2 Å². The van der Waals surface area contributed by atoms with Crippen LogP contribution < -0.4 is 0 Å². The van der Waals surface area contributed by atoms with E-state index in [2.05, 4.69) is 26.0 Å². The Morgan fingerprint density at radius 3 is 2.44 bits per heavy atom. The Balaban J connectivity index is 0. The van der Waals surface area contributed by atoms with Crippen LogP contribution in [-0.4, -0.2) is 38.9 Å². The second kappa shape index (κ2) is 17.6. The second-order valence-corrected chi connectivity index (χ2v) is 3.54. The maximum atomic E-state index is 5.33. The van der Waals surface area contributed by atoms with Crippen LogP contribution >= 0.6 is 0 Å². The van der Waals surface area contributed by atoms with Gasteiger partial charge in [0.05, 0.1) is 6.61 Å². The van der Waals surface area contributed by atoms with Gasteiger partial charge in [0.25, 0.3) is 0 Å². The second-order valence-electron chi connectivity index (χ2n) is 3.54. The normalized spacial score (nSPS) is 10.6. The SMILES string of the molecule is [CH2]C/C=C\CCOCOCCCCCC.[LiH]. The fourth-order valence-electron chi connectivity index (χ4n) is 1.19. The van der Waals surface area contributed by atoms with E-state index in [1.165, 1.54) is 19.3 Å². The molecule has 0 aliphatic heterocycles. The molecule has 0 atom stereocenters. The molecular formula is C13H26LiO2. The molecular weight excluding hydrogens is 195 g/mol. The van der Waals surface area contributed by atoms with Gasteiger partial charge in [-0.25, -0.2) is 0 Å². The summed E-state index contributed by atoms with van der Waals surface area (Å²) in [5, 5.41) is 0. The van der Waals surface area contributed by atoms with Crippen molar-refractivity contribution < 1.29 is 9.47 Å². The van der Waals surface area contributed by atoms with Crippen molar-refractivity contribution in [1.29, 1.82) is 0 Å². The van der Waals surface area contributed by atoms with E-state index in [1.807, 2.05) is 0 Å². The Hall–Kier alpha value is 0.257. The van der Waals surface area contributed by atoms with Gasteiger partial charge in [0.15, 0.2) is 0 Å². The average Bonchev–Trinajstić information content (AvgIpc) is 2.26. The van der Waals surface area contributed by atoms with Crippen molar-refractivity contribution in [3.05, 3.63) is 19.1 Å². The molecule has 0 rings (SSSR count). The summed E-state index contributed by atoms with van der Waals surface area (Å²) in [6.07, 6.45) is 10.9. The van der Waals surface area contributed by atoms with Crippen molar-refractivity contribution in [2.45, 2.75) is 45.4 Å². The summed E-state index contributed by atoms with van der Waals surface area (Å²) in [4.78, 5) is 0. The summed E-state index contributed by atoms with van der Waals surface area (Å²) in [7, 11) is 0. The third kappa shape index (κ3) is 16.7. The van der Waals surface area contributed by atoms with Crippen LogP contribution in [0.1, 0.15) is 45.4 Å². The van der Waals surface area contributed by atoms with Crippen LogP contribution in [0.4, 0.5) is 0 Å². The summed E-state index contributed by atoms with van der Waals surface area (Å²) < 4.78 is 10.6. The molecule has 0 aliphatic carbocycles. The van der Waals surface area contributed by atoms with E-state index in [9.17, 15) is 0 Å². The molecule has 0 heterocycles. The number of allylic oxidation sites excluding steroid dienone is 1. The zero-order valence-electron chi connectivity index (χ0n) is 10.0. The van der Waals surface area contributed by atoms with Crippen LogP contribution in [0.15, 0.2) is 12.2 Å². The van der Waals surface area contributed by atoms with Crippen LogP contribution in [-0.2, 0) is 9.47 Å². The van der Waals surface area contributed by atoms with Gasteiger partial charge >= 0.3 is 18.9 Å². The molecule has 0 fully saturated rings. The van der Waals surface area contributed by atoms with E-state index in [1.54, 1.807) is 0 Å². The molecule has 0 amide bonds. The molecule has 16 heavy (non-hydrogen) atoms. The predicted octanol–water partition coefficient (Wildman–Crippen LogP) is 3.08. The first kappa shape index (κ1) is 18.6. The first-order chi connectivity index (χ1) is 7.41. The number of unbranched alkanes of at least 4 members (excludes halogenated alkanes) is 3. The monoisotopic (exact) mass is 221 g/mol. The van der Waals surface area contributed by atoms with E-state index < -0.39 is 0 Å². The molecule has 0 aromatic carbocycles. The molecule has 0 N–H and O–H groups in total. The van der Waals surface area contributed by atoms with Crippen molar-refractivity contribution in [3.8, 4) is 0 Å². The van der Waals surface area contributed by atoms with E-state index in [4.69, 9.17) is 9.47 Å². The molecule has 0 aromatic heterocycles. The van der Waals surface area contributed by atoms with Crippen LogP contribution in [0.5, 0.6) is 0 Å². The number of ether oxygens (including phenoxy) is 2. The van der Waals surface area contributed by atoms with Gasteiger partial charge < -0.3 is 9.47 Å². The molecule has 0 spiro atoms. The van der Waals surface area contributed by atoms with E-state index in [0.29, 0.717) is 6.79 Å². The molecule has 1 radical (unpaired) electrons. The molecule has 0 saturated heterocycles. The summed E-state index contributed by atoms with van der Waals surface area (Å²) in [5.74, 6) is 0. The molecule has 3 heteroatoms. The van der Waals surface area contributed by atoms with Crippen LogP contribution in [0.3, 0.4) is 0 Å². The van der Waals surface area contributed by atoms with Gasteiger partial charge in [0.2, 0.25) is 0 Å². The third-order valence-corrected chi connectivity index (χ3v) is 2.07. The number of hydrogen-bond acceptors (Lipinski definition) is 2. The van der Waals surface area contributed by atoms with E-state index in [0.717, 1.165) is 32.5 Å². The predicted molar refractivity (Wildman–Crippen MR) is 71.8 cm³/mol.